The number of anilines is 1. The molecule has 0 saturated heterocycles. The minimum absolute atomic E-state index is 0.0251. The minimum atomic E-state index is -0.190. The van der Waals surface area contributed by atoms with E-state index in [4.69, 9.17) is 0 Å². The van der Waals surface area contributed by atoms with Crippen LogP contribution >= 0.6 is 0 Å². The lowest BCUT2D eigenvalue weighted by Gasteiger charge is -2.28. The summed E-state index contributed by atoms with van der Waals surface area (Å²) in [6.45, 7) is 6.17. The molecule has 1 amide bonds. The Morgan fingerprint density at radius 1 is 1.18 bits per heavy atom. The van der Waals surface area contributed by atoms with Gasteiger partial charge in [0, 0.05) is 36.5 Å². The van der Waals surface area contributed by atoms with Crippen LogP contribution in [0.1, 0.15) is 53.6 Å². The highest BCUT2D eigenvalue weighted by atomic mass is 16.2. The third-order valence-corrected chi connectivity index (χ3v) is 6.54. The number of nitrogens with one attached hydrogen (secondary N) is 4. The fourth-order valence-corrected chi connectivity index (χ4v) is 4.89. The Bertz CT molecular complexity index is 1060. The number of carbonyl (C=O) groups is 1. The molecule has 0 radical (unpaired) electrons. The van der Waals surface area contributed by atoms with Gasteiger partial charge in [0.2, 0.25) is 0 Å². The molecule has 0 saturated carbocycles. The van der Waals surface area contributed by atoms with Crippen LogP contribution in [0.15, 0.2) is 42.7 Å². The minimum Gasteiger partial charge on any atom is -0.319 e. The molecular weight excluding hydrogens is 414 g/mol. The van der Waals surface area contributed by atoms with Gasteiger partial charge in [-0.2, -0.15) is 10.2 Å². The second-order valence-electron chi connectivity index (χ2n) is 9.76. The van der Waals surface area contributed by atoms with Crippen LogP contribution in [0.5, 0.6) is 0 Å². The van der Waals surface area contributed by atoms with Crippen LogP contribution < -0.4 is 16.0 Å². The molecular formula is C25H35N7O. The monoisotopic (exact) mass is 449 g/mol. The smallest absolute Gasteiger partial charge is 0.276 e. The van der Waals surface area contributed by atoms with Crippen LogP contribution in [0.25, 0.3) is 0 Å². The van der Waals surface area contributed by atoms with Gasteiger partial charge in [0.1, 0.15) is 0 Å². The second kappa shape index (κ2) is 9.89. The summed E-state index contributed by atoms with van der Waals surface area (Å²) in [5, 5.41) is 21.7. The molecule has 1 atom stereocenters. The normalized spacial score (nSPS) is 15.9. The number of hydrogen-bond donors (Lipinski definition) is 4. The number of aromatic nitrogens is 4. The highest BCUT2D eigenvalue weighted by Gasteiger charge is 2.31. The zero-order chi connectivity index (χ0) is 23.4. The quantitative estimate of drug-likeness (QED) is 0.402. The number of carbonyl (C=O) groups excluding carboxylic acids is 1. The zero-order valence-corrected chi connectivity index (χ0v) is 20.0. The van der Waals surface area contributed by atoms with Crippen LogP contribution in [-0.2, 0) is 12.8 Å². The average Bonchev–Trinajstić information content (AvgIpc) is 3.41. The molecule has 1 aliphatic rings. The van der Waals surface area contributed by atoms with Crippen molar-refractivity contribution in [3.8, 4) is 0 Å². The van der Waals surface area contributed by atoms with Gasteiger partial charge in [0.05, 0.1) is 17.9 Å². The van der Waals surface area contributed by atoms with Gasteiger partial charge in [-0.05, 0) is 44.3 Å². The number of rotatable bonds is 9. The largest absolute Gasteiger partial charge is 0.319 e. The summed E-state index contributed by atoms with van der Waals surface area (Å²) < 4.78 is 1.95. The molecule has 1 aliphatic carbocycles. The van der Waals surface area contributed by atoms with E-state index in [1.807, 2.05) is 43.2 Å². The molecule has 3 aromatic rings. The van der Waals surface area contributed by atoms with Crippen LogP contribution in [0, 0.1) is 11.3 Å². The maximum Gasteiger partial charge on any atom is 0.276 e. The van der Waals surface area contributed by atoms with Gasteiger partial charge in [0.15, 0.2) is 5.69 Å². The first-order chi connectivity index (χ1) is 15.9. The van der Waals surface area contributed by atoms with E-state index in [1.54, 1.807) is 6.20 Å². The van der Waals surface area contributed by atoms with E-state index in [0.29, 0.717) is 11.4 Å². The molecule has 2 aromatic heterocycles. The van der Waals surface area contributed by atoms with Crippen molar-refractivity contribution >= 4 is 11.6 Å². The first kappa shape index (κ1) is 23.2. The highest BCUT2D eigenvalue weighted by molar-refractivity contribution is 6.03. The number of amides is 1. The molecule has 8 nitrogen and oxygen atoms in total. The number of benzene rings is 1. The SMILES string of the molecule is CNCC(CNC)C(c1ccccc1)n1cc(NC(=O)c2n[nH]c3c2CCC(C)(C)C3)cn1. The first-order valence-corrected chi connectivity index (χ1v) is 11.7. The van der Waals surface area contributed by atoms with E-state index in [9.17, 15) is 4.79 Å². The zero-order valence-electron chi connectivity index (χ0n) is 20.0. The van der Waals surface area contributed by atoms with Gasteiger partial charge in [-0.15, -0.1) is 0 Å². The summed E-state index contributed by atoms with van der Waals surface area (Å²) in [5.74, 6) is 0.0811. The summed E-state index contributed by atoms with van der Waals surface area (Å²) in [4.78, 5) is 13.0. The summed E-state index contributed by atoms with van der Waals surface area (Å²) in [7, 11) is 3.93. The number of hydrogen-bond acceptors (Lipinski definition) is 5. The van der Waals surface area contributed by atoms with E-state index in [0.717, 1.165) is 43.6 Å². The Kier molecular flexibility index (Phi) is 6.95. The average molecular weight is 450 g/mol. The van der Waals surface area contributed by atoms with Gasteiger partial charge >= 0.3 is 0 Å². The van der Waals surface area contributed by atoms with Crippen molar-refractivity contribution in [1.82, 2.24) is 30.6 Å². The molecule has 8 heteroatoms. The lowest BCUT2D eigenvalue weighted by molar-refractivity contribution is 0.102. The van der Waals surface area contributed by atoms with Crippen LogP contribution in [0.3, 0.4) is 0 Å². The molecule has 176 valence electrons. The first-order valence-electron chi connectivity index (χ1n) is 11.7. The number of aromatic amines is 1. The van der Waals surface area contributed by atoms with Crippen molar-refractivity contribution < 1.29 is 4.79 Å². The molecule has 0 aliphatic heterocycles. The number of fused-ring (bicyclic) bond motifs is 1. The lowest BCUT2D eigenvalue weighted by atomic mass is 9.76. The highest BCUT2D eigenvalue weighted by Crippen LogP contribution is 2.35. The summed E-state index contributed by atoms with van der Waals surface area (Å²) in [6, 6.07) is 10.4. The van der Waals surface area contributed by atoms with E-state index in [-0.39, 0.29) is 23.3 Å². The number of nitrogens with zero attached hydrogens (tertiary/aromatic N) is 3. The Morgan fingerprint density at radius 2 is 1.91 bits per heavy atom. The maximum atomic E-state index is 13.0. The summed E-state index contributed by atoms with van der Waals surface area (Å²) >= 11 is 0. The van der Waals surface area contributed by atoms with E-state index in [2.05, 4.69) is 57.2 Å². The third kappa shape index (κ3) is 5.17. The third-order valence-electron chi connectivity index (χ3n) is 6.54. The fraction of sp³-hybridized carbons (Fsp3) is 0.480. The van der Waals surface area contributed by atoms with Crippen molar-refractivity contribution in [3.05, 3.63) is 65.2 Å². The lowest BCUT2D eigenvalue weighted by Crippen LogP contribution is -2.35. The van der Waals surface area contributed by atoms with Gasteiger partial charge in [-0.3, -0.25) is 14.6 Å². The van der Waals surface area contributed by atoms with Crippen molar-refractivity contribution in [2.45, 2.75) is 39.2 Å². The molecule has 0 fully saturated rings. The molecule has 33 heavy (non-hydrogen) atoms. The van der Waals surface area contributed by atoms with Gasteiger partial charge in [-0.25, -0.2) is 0 Å². The molecule has 2 heterocycles. The van der Waals surface area contributed by atoms with Gasteiger partial charge < -0.3 is 16.0 Å². The second-order valence-corrected chi connectivity index (χ2v) is 9.76. The fourth-order valence-electron chi connectivity index (χ4n) is 4.89. The van der Waals surface area contributed by atoms with E-state index >= 15 is 0 Å². The van der Waals surface area contributed by atoms with Crippen LogP contribution in [0.4, 0.5) is 5.69 Å². The summed E-state index contributed by atoms with van der Waals surface area (Å²) in [5.41, 5.74) is 4.70. The number of H-pyrrole nitrogens is 1. The molecule has 4 N–H and O–H groups in total. The topological polar surface area (TPSA) is 99.7 Å². The van der Waals surface area contributed by atoms with Crippen LogP contribution in [-0.4, -0.2) is 53.1 Å². The Labute approximate surface area is 195 Å². The van der Waals surface area contributed by atoms with Gasteiger partial charge in [0.25, 0.3) is 5.91 Å². The molecule has 0 spiro atoms. The van der Waals surface area contributed by atoms with E-state index < -0.39 is 0 Å². The molecule has 0 bridgehead atoms. The summed E-state index contributed by atoms with van der Waals surface area (Å²) in [6.07, 6.45) is 6.46. The standard InChI is InChI=1S/C25H35N7O/c1-25(2)11-10-20-21(12-25)30-31-22(20)24(33)29-19-15-28-32(16-19)23(17-8-6-5-7-9-17)18(13-26-3)14-27-4/h5-9,15-16,18,23,26-27H,10-14H2,1-4H3,(H,29,33)(H,30,31). The molecule has 4 rings (SSSR count). The molecule has 1 unspecified atom stereocenters. The predicted molar refractivity (Wildman–Crippen MR) is 130 cm³/mol. The Morgan fingerprint density at radius 3 is 2.61 bits per heavy atom. The Balaban J connectivity index is 1.56. The Hall–Kier alpha value is -2.97. The van der Waals surface area contributed by atoms with Crippen molar-refractivity contribution in [3.63, 3.8) is 0 Å². The van der Waals surface area contributed by atoms with Gasteiger partial charge in [-0.1, -0.05) is 44.2 Å². The maximum absolute atomic E-state index is 13.0. The van der Waals surface area contributed by atoms with E-state index in [1.165, 1.54) is 5.56 Å². The predicted octanol–water partition coefficient (Wildman–Crippen LogP) is 3.02. The van der Waals surface area contributed by atoms with Crippen molar-refractivity contribution in [1.29, 1.82) is 0 Å². The van der Waals surface area contributed by atoms with Crippen LogP contribution in [0.2, 0.25) is 0 Å². The van der Waals surface area contributed by atoms with Crippen molar-refractivity contribution in [2.24, 2.45) is 11.3 Å². The van der Waals surface area contributed by atoms with Crippen molar-refractivity contribution in [2.75, 3.05) is 32.5 Å². The molecule has 1 aromatic carbocycles.